The topological polar surface area (TPSA) is 81.7 Å². The summed E-state index contributed by atoms with van der Waals surface area (Å²) in [4.78, 5) is 37.0. The van der Waals surface area contributed by atoms with E-state index >= 15 is 0 Å². The maximum atomic E-state index is 12.2. The van der Waals surface area contributed by atoms with Crippen LogP contribution in [0.25, 0.3) is 0 Å². The zero-order chi connectivity index (χ0) is 20.8. The first kappa shape index (κ1) is 20.8. The van der Waals surface area contributed by atoms with Crippen LogP contribution in [0.5, 0.6) is 5.75 Å². The highest BCUT2D eigenvalue weighted by Crippen LogP contribution is 2.25. The van der Waals surface area contributed by atoms with Crippen molar-refractivity contribution in [3.63, 3.8) is 0 Å². The second-order valence-corrected chi connectivity index (χ2v) is 7.66. The third kappa shape index (κ3) is 5.30. The van der Waals surface area contributed by atoms with Gasteiger partial charge in [0.1, 0.15) is 5.75 Å². The third-order valence-electron chi connectivity index (χ3n) is 3.93. The Bertz CT molecular complexity index is 1030. The summed E-state index contributed by atoms with van der Waals surface area (Å²) in [6.45, 7) is -0.380. The normalized spacial score (nSPS) is 10.3. The summed E-state index contributed by atoms with van der Waals surface area (Å²) in [6.07, 6.45) is 0. The van der Waals surface area contributed by atoms with Gasteiger partial charge in [0.2, 0.25) is 0 Å². The average molecular weight is 474 g/mol. The average Bonchev–Trinajstić information content (AvgIpc) is 3.27. The minimum absolute atomic E-state index is 0.216. The van der Waals surface area contributed by atoms with Crippen molar-refractivity contribution in [2.75, 3.05) is 19.0 Å². The number of rotatable bonds is 7. The summed E-state index contributed by atoms with van der Waals surface area (Å²) in [6, 6.07) is 14.7. The van der Waals surface area contributed by atoms with Crippen molar-refractivity contribution >= 4 is 50.6 Å². The molecule has 0 atom stereocenters. The van der Waals surface area contributed by atoms with Gasteiger partial charge in [-0.1, -0.05) is 6.07 Å². The lowest BCUT2D eigenvalue weighted by Crippen LogP contribution is -2.14. The minimum atomic E-state index is -0.623. The number of anilines is 1. The van der Waals surface area contributed by atoms with Crippen LogP contribution in [-0.2, 0) is 4.74 Å². The second-order valence-electron chi connectivity index (χ2n) is 5.86. The van der Waals surface area contributed by atoms with Gasteiger partial charge >= 0.3 is 5.97 Å². The van der Waals surface area contributed by atoms with E-state index in [1.807, 2.05) is 5.38 Å². The fourth-order valence-corrected chi connectivity index (χ4v) is 3.59. The fourth-order valence-electron chi connectivity index (χ4n) is 2.43. The number of thiophene rings is 1. The second kappa shape index (κ2) is 9.49. The van der Waals surface area contributed by atoms with E-state index in [-0.39, 0.29) is 23.9 Å². The molecule has 1 amide bonds. The monoisotopic (exact) mass is 473 g/mol. The molecule has 29 heavy (non-hydrogen) atoms. The van der Waals surface area contributed by atoms with Gasteiger partial charge in [-0.05, 0) is 69.8 Å². The molecule has 148 valence electrons. The van der Waals surface area contributed by atoms with E-state index in [0.717, 1.165) is 0 Å². The summed E-state index contributed by atoms with van der Waals surface area (Å²) in [5, 5.41) is 4.57. The molecule has 1 N–H and O–H groups in total. The van der Waals surface area contributed by atoms with Crippen LogP contribution in [0.4, 0.5) is 5.69 Å². The molecule has 0 bridgehead atoms. The van der Waals surface area contributed by atoms with Crippen LogP contribution in [0.3, 0.4) is 0 Å². The Balaban J connectivity index is 1.56. The van der Waals surface area contributed by atoms with Gasteiger partial charge in [0, 0.05) is 11.3 Å². The minimum Gasteiger partial charge on any atom is -0.496 e. The number of ether oxygens (including phenoxy) is 2. The van der Waals surface area contributed by atoms with Crippen molar-refractivity contribution in [2.24, 2.45) is 0 Å². The number of carbonyl (C=O) groups is 3. The zero-order valence-electron chi connectivity index (χ0n) is 15.3. The van der Waals surface area contributed by atoms with E-state index in [2.05, 4.69) is 21.2 Å². The van der Waals surface area contributed by atoms with E-state index in [4.69, 9.17) is 9.47 Å². The molecule has 8 heteroatoms. The first-order valence-electron chi connectivity index (χ1n) is 8.46. The summed E-state index contributed by atoms with van der Waals surface area (Å²) >= 11 is 4.65. The van der Waals surface area contributed by atoms with Crippen molar-refractivity contribution in [2.45, 2.75) is 0 Å². The van der Waals surface area contributed by atoms with Crippen molar-refractivity contribution in [1.82, 2.24) is 0 Å². The van der Waals surface area contributed by atoms with Crippen molar-refractivity contribution in [1.29, 1.82) is 0 Å². The molecule has 0 aliphatic carbocycles. The van der Waals surface area contributed by atoms with Crippen LogP contribution in [0.1, 0.15) is 30.4 Å². The molecule has 2 aromatic carbocycles. The molecule has 0 saturated carbocycles. The Morgan fingerprint density at radius 1 is 1.03 bits per heavy atom. The first-order chi connectivity index (χ1) is 14.0. The Labute approximate surface area is 179 Å². The molecule has 0 saturated heterocycles. The molecule has 6 nitrogen and oxygen atoms in total. The van der Waals surface area contributed by atoms with Crippen LogP contribution in [-0.4, -0.2) is 31.4 Å². The van der Waals surface area contributed by atoms with Crippen LogP contribution in [0.15, 0.2) is 64.5 Å². The first-order valence-corrected chi connectivity index (χ1v) is 10.1. The van der Waals surface area contributed by atoms with E-state index in [0.29, 0.717) is 26.4 Å². The highest BCUT2D eigenvalue weighted by Gasteiger charge is 2.14. The highest BCUT2D eigenvalue weighted by molar-refractivity contribution is 9.10. The van der Waals surface area contributed by atoms with Gasteiger partial charge in [0.15, 0.2) is 12.4 Å². The van der Waals surface area contributed by atoms with E-state index in [9.17, 15) is 14.4 Å². The number of carbonyl (C=O) groups excluding carboxylic acids is 3. The Kier molecular flexibility index (Phi) is 6.79. The van der Waals surface area contributed by atoms with Gasteiger partial charge in [-0.15, -0.1) is 11.3 Å². The summed E-state index contributed by atoms with van der Waals surface area (Å²) in [7, 11) is 1.53. The maximum Gasteiger partial charge on any atom is 0.338 e. The Hall–Kier alpha value is -2.97. The van der Waals surface area contributed by atoms with Gasteiger partial charge in [-0.2, -0.15) is 0 Å². The number of amides is 1. The molecule has 0 radical (unpaired) electrons. The molecular weight excluding hydrogens is 458 g/mol. The highest BCUT2D eigenvalue weighted by atomic mass is 79.9. The van der Waals surface area contributed by atoms with Crippen molar-refractivity contribution in [3.8, 4) is 5.75 Å². The standard InChI is InChI=1S/C21H16BrNO5S/c1-27-18-9-6-14(11-16(18)22)17(24)12-28-21(26)13-4-7-15(8-5-13)23-20(25)19-3-2-10-29-19/h2-11H,12H2,1H3,(H,23,25). The molecule has 0 aliphatic heterocycles. The number of halogens is 1. The number of esters is 1. The molecule has 1 aromatic heterocycles. The van der Waals surface area contributed by atoms with Gasteiger partial charge in [-0.25, -0.2) is 4.79 Å². The number of nitrogens with one attached hydrogen (secondary N) is 1. The molecule has 0 aliphatic rings. The Morgan fingerprint density at radius 3 is 2.38 bits per heavy atom. The van der Waals surface area contributed by atoms with E-state index < -0.39 is 5.97 Å². The predicted octanol–water partition coefficient (Wildman–Crippen LogP) is 4.81. The van der Waals surface area contributed by atoms with Crippen molar-refractivity contribution < 1.29 is 23.9 Å². The maximum absolute atomic E-state index is 12.2. The molecule has 3 aromatic rings. The summed E-state index contributed by atoms with van der Waals surface area (Å²) in [5.74, 6) is -0.569. The fraction of sp³-hybridized carbons (Fsp3) is 0.0952. The molecule has 1 heterocycles. The largest absolute Gasteiger partial charge is 0.496 e. The molecule has 0 unspecified atom stereocenters. The molecule has 0 spiro atoms. The smallest absolute Gasteiger partial charge is 0.338 e. The zero-order valence-corrected chi connectivity index (χ0v) is 17.7. The van der Waals surface area contributed by atoms with Crippen LogP contribution >= 0.6 is 27.3 Å². The Morgan fingerprint density at radius 2 is 1.76 bits per heavy atom. The van der Waals surface area contributed by atoms with Crippen LogP contribution in [0.2, 0.25) is 0 Å². The van der Waals surface area contributed by atoms with Gasteiger partial charge in [0.05, 0.1) is 22.0 Å². The lowest BCUT2D eigenvalue weighted by atomic mass is 10.1. The van der Waals surface area contributed by atoms with Crippen LogP contribution in [0, 0.1) is 0 Å². The van der Waals surface area contributed by atoms with Crippen LogP contribution < -0.4 is 10.1 Å². The van der Waals surface area contributed by atoms with Gasteiger partial charge in [-0.3, -0.25) is 9.59 Å². The number of methoxy groups -OCH3 is 1. The number of Topliss-reactive ketones (excluding diaryl/α,β-unsaturated/α-hetero) is 1. The summed E-state index contributed by atoms with van der Waals surface area (Å²) < 4.78 is 10.9. The number of benzene rings is 2. The number of hydrogen-bond donors (Lipinski definition) is 1. The quantitative estimate of drug-likeness (QED) is 0.393. The number of hydrogen-bond acceptors (Lipinski definition) is 6. The third-order valence-corrected chi connectivity index (χ3v) is 5.42. The van der Waals surface area contributed by atoms with E-state index in [1.165, 1.54) is 30.6 Å². The number of ketones is 1. The molecule has 3 rings (SSSR count). The SMILES string of the molecule is COc1ccc(C(=O)COC(=O)c2ccc(NC(=O)c3cccs3)cc2)cc1Br. The summed E-state index contributed by atoms with van der Waals surface area (Å²) in [5.41, 5.74) is 1.24. The van der Waals surface area contributed by atoms with E-state index in [1.54, 1.807) is 42.5 Å². The lowest BCUT2D eigenvalue weighted by molar-refractivity contribution is 0.0474. The van der Waals surface area contributed by atoms with Gasteiger partial charge in [0.25, 0.3) is 5.91 Å². The lowest BCUT2D eigenvalue weighted by Gasteiger charge is -2.08. The van der Waals surface area contributed by atoms with Gasteiger partial charge < -0.3 is 14.8 Å². The molecular formula is C21H16BrNO5S. The predicted molar refractivity (Wildman–Crippen MR) is 114 cm³/mol. The molecule has 0 fully saturated rings. The van der Waals surface area contributed by atoms with Crippen molar-refractivity contribution in [3.05, 3.63) is 80.5 Å².